The van der Waals surface area contributed by atoms with Crippen LogP contribution in [0.25, 0.3) is 0 Å². The first-order valence-electron chi connectivity index (χ1n) is 5.86. The van der Waals surface area contributed by atoms with Crippen molar-refractivity contribution >= 4 is 10.0 Å². The van der Waals surface area contributed by atoms with E-state index in [0.29, 0.717) is 12.2 Å². The van der Waals surface area contributed by atoms with Crippen LogP contribution in [-0.4, -0.2) is 24.0 Å². The highest BCUT2D eigenvalue weighted by Gasteiger charge is 2.32. The minimum absolute atomic E-state index is 0.0195. The summed E-state index contributed by atoms with van der Waals surface area (Å²) in [6, 6.07) is 1.86. The van der Waals surface area contributed by atoms with Gasteiger partial charge in [0.1, 0.15) is 5.82 Å². The molecule has 18 heavy (non-hydrogen) atoms. The molecule has 0 radical (unpaired) electrons. The number of imidazole rings is 1. The summed E-state index contributed by atoms with van der Waals surface area (Å²) in [5.74, 6) is 0.406. The van der Waals surface area contributed by atoms with E-state index in [-0.39, 0.29) is 17.0 Å². The molecule has 1 saturated carbocycles. The number of nitriles is 1. The average molecular weight is 268 g/mol. The zero-order valence-corrected chi connectivity index (χ0v) is 11.2. The Morgan fingerprint density at radius 3 is 2.83 bits per heavy atom. The molecule has 0 aromatic carbocycles. The number of hydrogen-bond donors (Lipinski definition) is 1. The van der Waals surface area contributed by atoms with Gasteiger partial charge in [-0.25, -0.2) is 18.1 Å². The summed E-state index contributed by atoms with van der Waals surface area (Å²) in [5.41, 5.74) is 0. The van der Waals surface area contributed by atoms with Gasteiger partial charge in [0.25, 0.3) is 10.0 Å². The minimum Gasteiger partial charge on any atom is -0.337 e. The van der Waals surface area contributed by atoms with E-state index in [4.69, 9.17) is 5.26 Å². The fourth-order valence-corrected chi connectivity index (χ4v) is 3.52. The van der Waals surface area contributed by atoms with Crippen LogP contribution in [0.15, 0.2) is 11.2 Å². The van der Waals surface area contributed by atoms with Crippen molar-refractivity contribution in [2.24, 2.45) is 13.0 Å². The molecule has 0 bridgehead atoms. The molecule has 2 rings (SSSR count). The topological polar surface area (TPSA) is 87.8 Å². The van der Waals surface area contributed by atoms with Crippen LogP contribution in [0.1, 0.15) is 25.1 Å². The summed E-state index contributed by atoms with van der Waals surface area (Å²) in [6.45, 7) is 1.74. The van der Waals surface area contributed by atoms with Crippen LogP contribution >= 0.6 is 0 Å². The number of nitrogens with one attached hydrogen (secondary N) is 1. The van der Waals surface area contributed by atoms with Crippen molar-refractivity contribution in [1.29, 1.82) is 5.26 Å². The Hall–Kier alpha value is -1.39. The highest BCUT2D eigenvalue weighted by Crippen LogP contribution is 2.26. The first-order chi connectivity index (χ1) is 8.44. The van der Waals surface area contributed by atoms with Crippen LogP contribution in [0.5, 0.6) is 0 Å². The Morgan fingerprint density at radius 2 is 2.28 bits per heavy atom. The maximum absolute atomic E-state index is 12.1. The fraction of sp³-hybridized carbons (Fsp3) is 0.636. The predicted molar refractivity (Wildman–Crippen MR) is 65.0 cm³/mol. The van der Waals surface area contributed by atoms with E-state index < -0.39 is 10.0 Å². The van der Waals surface area contributed by atoms with Crippen molar-refractivity contribution in [1.82, 2.24) is 14.3 Å². The standard InChI is InChI=1S/C11H16N4O2S/c1-8-13-11(7-15(8)2)18(16,17)14-10-5-3-4-9(10)6-12/h7,9-10,14H,3-5H2,1-2H3. The molecule has 6 nitrogen and oxygen atoms in total. The molecule has 0 saturated heterocycles. The van der Waals surface area contributed by atoms with E-state index in [1.54, 1.807) is 18.5 Å². The lowest BCUT2D eigenvalue weighted by molar-refractivity contribution is 0.513. The van der Waals surface area contributed by atoms with Crippen molar-refractivity contribution in [2.75, 3.05) is 0 Å². The SMILES string of the molecule is Cc1nc(S(=O)(=O)NC2CCCC2C#N)cn1C. The smallest absolute Gasteiger partial charge is 0.259 e. The first kappa shape index (κ1) is 13.1. The number of aryl methyl sites for hydroxylation is 2. The van der Waals surface area contributed by atoms with E-state index in [1.807, 2.05) is 0 Å². The second-order valence-corrected chi connectivity index (χ2v) is 6.29. The maximum Gasteiger partial charge on any atom is 0.259 e. The average Bonchev–Trinajstić information content (AvgIpc) is 2.86. The highest BCUT2D eigenvalue weighted by atomic mass is 32.2. The van der Waals surface area contributed by atoms with Crippen molar-refractivity contribution in [3.63, 3.8) is 0 Å². The lowest BCUT2D eigenvalue weighted by Gasteiger charge is -2.14. The van der Waals surface area contributed by atoms with Crippen molar-refractivity contribution in [3.05, 3.63) is 12.0 Å². The molecular weight excluding hydrogens is 252 g/mol. The van der Waals surface area contributed by atoms with Gasteiger partial charge in [-0.2, -0.15) is 5.26 Å². The molecule has 2 unspecified atom stereocenters. The summed E-state index contributed by atoms with van der Waals surface area (Å²) in [5, 5.41) is 8.97. The maximum atomic E-state index is 12.1. The van der Waals surface area contributed by atoms with Gasteiger partial charge < -0.3 is 4.57 Å². The predicted octanol–water partition coefficient (Wildman–Crippen LogP) is 0.699. The van der Waals surface area contributed by atoms with Gasteiger partial charge in [-0.05, 0) is 19.8 Å². The number of sulfonamides is 1. The molecule has 2 atom stereocenters. The fourth-order valence-electron chi connectivity index (χ4n) is 2.17. The normalized spacial score (nSPS) is 24.1. The van der Waals surface area contributed by atoms with Crippen LogP contribution in [0, 0.1) is 24.2 Å². The van der Waals surface area contributed by atoms with E-state index in [9.17, 15) is 8.42 Å². The molecule has 1 aromatic heterocycles. The summed E-state index contributed by atoms with van der Waals surface area (Å²) in [6.07, 6.45) is 3.83. The summed E-state index contributed by atoms with van der Waals surface area (Å²) in [7, 11) is -1.88. The third-order valence-corrected chi connectivity index (χ3v) is 4.71. The van der Waals surface area contributed by atoms with Gasteiger partial charge in [-0.3, -0.25) is 0 Å². The zero-order chi connectivity index (χ0) is 13.3. The molecular formula is C11H16N4O2S. The van der Waals surface area contributed by atoms with Gasteiger partial charge >= 0.3 is 0 Å². The Labute approximate surface area is 107 Å². The lowest BCUT2D eigenvalue weighted by atomic mass is 10.1. The molecule has 1 heterocycles. The Morgan fingerprint density at radius 1 is 1.56 bits per heavy atom. The van der Waals surface area contributed by atoms with Crippen LogP contribution in [-0.2, 0) is 17.1 Å². The van der Waals surface area contributed by atoms with Gasteiger partial charge in [0.15, 0.2) is 5.03 Å². The van der Waals surface area contributed by atoms with Crippen molar-refractivity contribution in [2.45, 2.75) is 37.3 Å². The molecule has 1 aliphatic rings. The molecule has 1 N–H and O–H groups in total. The third-order valence-electron chi connectivity index (χ3n) is 3.35. The molecule has 0 aliphatic heterocycles. The third kappa shape index (κ3) is 2.40. The highest BCUT2D eigenvalue weighted by molar-refractivity contribution is 7.89. The minimum atomic E-state index is -3.62. The largest absolute Gasteiger partial charge is 0.337 e. The molecule has 0 amide bonds. The van der Waals surface area contributed by atoms with E-state index in [2.05, 4.69) is 15.8 Å². The van der Waals surface area contributed by atoms with Crippen LogP contribution in [0.4, 0.5) is 0 Å². The van der Waals surface area contributed by atoms with Gasteiger partial charge in [0.05, 0.1) is 12.0 Å². The zero-order valence-electron chi connectivity index (χ0n) is 10.4. The van der Waals surface area contributed by atoms with E-state index >= 15 is 0 Å². The lowest BCUT2D eigenvalue weighted by Crippen LogP contribution is -2.37. The molecule has 98 valence electrons. The number of nitrogens with zero attached hydrogens (tertiary/aromatic N) is 3. The Kier molecular flexibility index (Phi) is 3.41. The number of hydrogen-bond acceptors (Lipinski definition) is 4. The summed E-state index contributed by atoms with van der Waals surface area (Å²) < 4.78 is 28.5. The summed E-state index contributed by atoms with van der Waals surface area (Å²) in [4.78, 5) is 4.00. The quantitative estimate of drug-likeness (QED) is 0.874. The van der Waals surface area contributed by atoms with Crippen LogP contribution in [0.2, 0.25) is 0 Å². The molecule has 1 aromatic rings. The van der Waals surface area contributed by atoms with Gasteiger partial charge in [-0.15, -0.1) is 0 Å². The van der Waals surface area contributed by atoms with Crippen LogP contribution in [0.3, 0.4) is 0 Å². The van der Waals surface area contributed by atoms with Gasteiger partial charge in [-0.1, -0.05) is 6.42 Å². The molecule has 0 spiro atoms. The van der Waals surface area contributed by atoms with E-state index in [1.165, 1.54) is 6.20 Å². The van der Waals surface area contributed by atoms with Crippen molar-refractivity contribution in [3.8, 4) is 6.07 Å². The van der Waals surface area contributed by atoms with Gasteiger partial charge in [0, 0.05) is 19.3 Å². The van der Waals surface area contributed by atoms with E-state index in [0.717, 1.165) is 12.8 Å². The number of aromatic nitrogens is 2. The summed E-state index contributed by atoms with van der Waals surface area (Å²) >= 11 is 0. The molecule has 7 heteroatoms. The Bertz CT molecular complexity index is 565. The van der Waals surface area contributed by atoms with Crippen molar-refractivity contribution < 1.29 is 8.42 Å². The van der Waals surface area contributed by atoms with Crippen LogP contribution < -0.4 is 4.72 Å². The van der Waals surface area contributed by atoms with Gasteiger partial charge in [0.2, 0.25) is 0 Å². The Balaban J connectivity index is 2.20. The molecule has 1 fully saturated rings. The molecule has 1 aliphatic carbocycles. The first-order valence-corrected chi connectivity index (χ1v) is 7.34. The second-order valence-electron chi connectivity index (χ2n) is 4.63. The second kappa shape index (κ2) is 4.71. The number of rotatable bonds is 3. The monoisotopic (exact) mass is 268 g/mol.